The van der Waals surface area contributed by atoms with Crippen molar-refractivity contribution in [3.8, 4) is 16.3 Å². The Morgan fingerprint density at radius 1 is 1.29 bits per heavy atom. The van der Waals surface area contributed by atoms with Gasteiger partial charge in [0.1, 0.15) is 28.9 Å². The van der Waals surface area contributed by atoms with Gasteiger partial charge in [-0.3, -0.25) is 4.79 Å². The minimum atomic E-state index is -0.305. The molecule has 0 saturated carbocycles. The van der Waals surface area contributed by atoms with E-state index >= 15 is 0 Å². The molecule has 8 heteroatoms. The van der Waals surface area contributed by atoms with E-state index in [2.05, 4.69) is 10.3 Å². The molecule has 0 aliphatic heterocycles. The van der Waals surface area contributed by atoms with Gasteiger partial charge in [-0.25, -0.2) is 9.37 Å². The largest absolute Gasteiger partial charge is 0.489 e. The average Bonchev–Trinajstić information content (AvgIpc) is 3.16. The average molecular weight is 421 g/mol. The first-order chi connectivity index (χ1) is 13.6. The molecular weight excluding hydrogens is 403 g/mol. The van der Waals surface area contributed by atoms with Crippen LogP contribution in [0.15, 0.2) is 47.8 Å². The predicted molar refractivity (Wildman–Crippen MR) is 108 cm³/mol. The molecule has 3 rings (SSSR count). The van der Waals surface area contributed by atoms with Crippen LogP contribution in [0.2, 0.25) is 5.02 Å². The molecule has 1 heterocycles. The molecule has 1 aromatic heterocycles. The SMILES string of the molecule is COCCNC(=O)c1csc(-c2ccc(OCc3cccc(F)c3)cc2Cl)n1. The van der Waals surface area contributed by atoms with Gasteiger partial charge in [0.15, 0.2) is 0 Å². The number of nitrogens with zero attached hydrogens (tertiary/aromatic N) is 1. The summed E-state index contributed by atoms with van der Waals surface area (Å²) in [5.74, 6) is -0.00173. The van der Waals surface area contributed by atoms with Gasteiger partial charge < -0.3 is 14.8 Å². The highest BCUT2D eigenvalue weighted by Crippen LogP contribution is 2.33. The first-order valence-electron chi connectivity index (χ1n) is 8.46. The highest BCUT2D eigenvalue weighted by atomic mass is 35.5. The van der Waals surface area contributed by atoms with Crippen LogP contribution >= 0.6 is 22.9 Å². The predicted octanol–water partition coefficient (Wildman–Crippen LogP) is 4.56. The fourth-order valence-electron chi connectivity index (χ4n) is 2.41. The van der Waals surface area contributed by atoms with Crippen molar-refractivity contribution in [2.45, 2.75) is 6.61 Å². The summed E-state index contributed by atoms with van der Waals surface area (Å²) in [4.78, 5) is 16.4. The Hall–Kier alpha value is -2.48. The maximum absolute atomic E-state index is 13.2. The number of halogens is 2. The van der Waals surface area contributed by atoms with Crippen LogP contribution in [0.5, 0.6) is 5.75 Å². The number of hydrogen-bond donors (Lipinski definition) is 1. The number of rotatable bonds is 8. The van der Waals surface area contributed by atoms with Crippen LogP contribution in [0.3, 0.4) is 0 Å². The molecule has 0 aliphatic carbocycles. The molecule has 3 aromatic rings. The zero-order valence-corrected chi connectivity index (χ0v) is 16.6. The molecule has 28 heavy (non-hydrogen) atoms. The van der Waals surface area contributed by atoms with Crippen molar-refractivity contribution in [1.29, 1.82) is 0 Å². The lowest BCUT2D eigenvalue weighted by molar-refractivity contribution is 0.0933. The summed E-state index contributed by atoms with van der Waals surface area (Å²) < 4.78 is 23.8. The highest BCUT2D eigenvalue weighted by molar-refractivity contribution is 7.13. The molecule has 0 bridgehead atoms. The zero-order chi connectivity index (χ0) is 19.9. The van der Waals surface area contributed by atoms with E-state index in [-0.39, 0.29) is 18.3 Å². The highest BCUT2D eigenvalue weighted by Gasteiger charge is 2.14. The number of carbonyl (C=O) groups is 1. The molecule has 146 valence electrons. The van der Waals surface area contributed by atoms with E-state index in [9.17, 15) is 9.18 Å². The van der Waals surface area contributed by atoms with Gasteiger partial charge in [-0.15, -0.1) is 11.3 Å². The summed E-state index contributed by atoms with van der Waals surface area (Å²) in [6, 6.07) is 11.5. The number of carbonyl (C=O) groups excluding carboxylic acids is 1. The van der Waals surface area contributed by atoms with E-state index in [1.807, 2.05) is 0 Å². The van der Waals surface area contributed by atoms with Crippen molar-refractivity contribution in [1.82, 2.24) is 10.3 Å². The Morgan fingerprint density at radius 3 is 2.89 bits per heavy atom. The van der Waals surface area contributed by atoms with Crippen molar-refractivity contribution in [2.24, 2.45) is 0 Å². The van der Waals surface area contributed by atoms with Gasteiger partial charge in [0, 0.05) is 24.6 Å². The van der Waals surface area contributed by atoms with Crippen LogP contribution in [0, 0.1) is 5.82 Å². The number of ether oxygens (including phenoxy) is 2. The molecule has 1 N–H and O–H groups in total. The second-order valence-electron chi connectivity index (χ2n) is 5.85. The number of amides is 1. The molecular formula is C20H18ClFN2O3S. The van der Waals surface area contributed by atoms with E-state index in [1.54, 1.807) is 42.8 Å². The Labute approximate surface area is 171 Å². The number of benzene rings is 2. The van der Waals surface area contributed by atoms with Gasteiger partial charge in [-0.2, -0.15) is 0 Å². The van der Waals surface area contributed by atoms with Gasteiger partial charge in [-0.05, 0) is 35.9 Å². The second kappa shape index (κ2) is 9.64. The van der Waals surface area contributed by atoms with Gasteiger partial charge in [0.2, 0.25) is 0 Å². The van der Waals surface area contributed by atoms with Crippen molar-refractivity contribution in [2.75, 3.05) is 20.3 Å². The lowest BCUT2D eigenvalue weighted by Crippen LogP contribution is -2.27. The summed E-state index contributed by atoms with van der Waals surface area (Å²) in [5, 5.41) is 5.50. The Kier molecular flexibility index (Phi) is 6.97. The van der Waals surface area contributed by atoms with E-state index in [0.29, 0.717) is 40.2 Å². The topological polar surface area (TPSA) is 60.5 Å². The Morgan fingerprint density at radius 2 is 2.14 bits per heavy atom. The second-order valence-corrected chi connectivity index (χ2v) is 7.11. The Balaban J connectivity index is 1.66. The third-order valence-corrected chi connectivity index (χ3v) is 4.98. The lowest BCUT2D eigenvalue weighted by atomic mass is 10.2. The summed E-state index contributed by atoms with van der Waals surface area (Å²) in [5.41, 5.74) is 1.77. The van der Waals surface area contributed by atoms with E-state index in [0.717, 1.165) is 5.56 Å². The summed E-state index contributed by atoms with van der Waals surface area (Å²) in [6.07, 6.45) is 0. The van der Waals surface area contributed by atoms with Crippen LogP contribution in [0.4, 0.5) is 4.39 Å². The molecule has 0 atom stereocenters. The molecule has 0 unspecified atom stereocenters. The number of nitrogens with one attached hydrogen (secondary N) is 1. The van der Waals surface area contributed by atoms with Crippen molar-refractivity contribution < 1.29 is 18.7 Å². The van der Waals surface area contributed by atoms with Crippen molar-refractivity contribution in [3.05, 3.63) is 69.9 Å². The minimum absolute atomic E-state index is 0.233. The number of aromatic nitrogens is 1. The molecule has 0 fully saturated rings. The first-order valence-corrected chi connectivity index (χ1v) is 9.72. The van der Waals surface area contributed by atoms with Gasteiger partial charge in [0.05, 0.1) is 11.6 Å². The Bertz CT molecular complexity index is 964. The normalized spacial score (nSPS) is 10.7. The van der Waals surface area contributed by atoms with E-state index in [1.165, 1.54) is 23.5 Å². The maximum atomic E-state index is 13.2. The fourth-order valence-corrected chi connectivity index (χ4v) is 3.57. The molecule has 5 nitrogen and oxygen atoms in total. The van der Waals surface area contributed by atoms with Crippen LogP contribution in [0.1, 0.15) is 16.1 Å². The van der Waals surface area contributed by atoms with E-state index < -0.39 is 0 Å². The monoisotopic (exact) mass is 420 g/mol. The fraction of sp³-hybridized carbons (Fsp3) is 0.200. The number of thiazole rings is 1. The molecule has 0 aliphatic rings. The van der Waals surface area contributed by atoms with Crippen LogP contribution < -0.4 is 10.1 Å². The quantitative estimate of drug-likeness (QED) is 0.543. The molecule has 0 saturated heterocycles. The first kappa shape index (κ1) is 20.3. The van der Waals surface area contributed by atoms with Gasteiger partial charge in [0.25, 0.3) is 5.91 Å². The summed E-state index contributed by atoms with van der Waals surface area (Å²) >= 11 is 7.70. The molecule has 1 amide bonds. The molecule has 0 radical (unpaired) electrons. The summed E-state index contributed by atoms with van der Waals surface area (Å²) in [6.45, 7) is 1.09. The van der Waals surface area contributed by atoms with Crippen molar-refractivity contribution >= 4 is 28.8 Å². The smallest absolute Gasteiger partial charge is 0.270 e. The van der Waals surface area contributed by atoms with E-state index in [4.69, 9.17) is 21.1 Å². The molecule has 2 aromatic carbocycles. The van der Waals surface area contributed by atoms with Gasteiger partial charge >= 0.3 is 0 Å². The van der Waals surface area contributed by atoms with Gasteiger partial charge in [-0.1, -0.05) is 23.7 Å². The third-order valence-electron chi connectivity index (χ3n) is 3.79. The maximum Gasteiger partial charge on any atom is 0.270 e. The summed E-state index contributed by atoms with van der Waals surface area (Å²) in [7, 11) is 1.57. The number of methoxy groups -OCH3 is 1. The third kappa shape index (κ3) is 5.28. The van der Waals surface area contributed by atoms with Crippen LogP contribution in [-0.4, -0.2) is 31.2 Å². The molecule has 0 spiro atoms. The lowest BCUT2D eigenvalue weighted by Gasteiger charge is -2.08. The zero-order valence-electron chi connectivity index (χ0n) is 15.1. The minimum Gasteiger partial charge on any atom is -0.489 e. The number of hydrogen-bond acceptors (Lipinski definition) is 5. The van der Waals surface area contributed by atoms with Crippen LogP contribution in [-0.2, 0) is 11.3 Å². The van der Waals surface area contributed by atoms with Crippen LogP contribution in [0.25, 0.3) is 10.6 Å². The standard InChI is InChI=1S/C20H18ClFN2O3S/c1-26-8-7-23-19(25)18-12-28-20(24-18)16-6-5-15(10-17(16)21)27-11-13-3-2-4-14(22)9-13/h2-6,9-10,12H,7-8,11H2,1H3,(H,23,25). The van der Waals surface area contributed by atoms with Crippen molar-refractivity contribution in [3.63, 3.8) is 0 Å².